The summed E-state index contributed by atoms with van der Waals surface area (Å²) in [7, 11) is 0. The van der Waals surface area contributed by atoms with Crippen molar-refractivity contribution in [3.8, 4) is 6.07 Å². The van der Waals surface area contributed by atoms with Crippen molar-refractivity contribution in [2.75, 3.05) is 19.7 Å². The van der Waals surface area contributed by atoms with Crippen LogP contribution in [0.2, 0.25) is 0 Å². The van der Waals surface area contributed by atoms with Crippen LogP contribution in [-0.2, 0) is 0 Å². The third-order valence-corrected chi connectivity index (χ3v) is 2.36. The summed E-state index contributed by atoms with van der Waals surface area (Å²) in [6.45, 7) is 6.57. The first kappa shape index (κ1) is 14.4. The van der Waals surface area contributed by atoms with Crippen molar-refractivity contribution >= 4 is 0 Å². The van der Waals surface area contributed by atoms with Crippen molar-refractivity contribution in [3.63, 3.8) is 0 Å². The maximum Gasteiger partial charge on any atom is 0.0972 e. The Morgan fingerprint density at radius 1 is 1.27 bits per heavy atom. The van der Waals surface area contributed by atoms with Crippen LogP contribution in [-0.4, -0.2) is 35.5 Å². The lowest BCUT2D eigenvalue weighted by Gasteiger charge is -2.27. The van der Waals surface area contributed by atoms with Gasteiger partial charge in [-0.15, -0.1) is 0 Å². The first-order chi connectivity index (χ1) is 6.83. The smallest absolute Gasteiger partial charge is 0.0972 e. The number of nitrogens with one attached hydrogen (secondary N) is 1. The number of aliphatic hydroxyl groups excluding tert-OH is 1. The fourth-order valence-corrected chi connectivity index (χ4v) is 1.21. The van der Waals surface area contributed by atoms with Gasteiger partial charge in [0.05, 0.1) is 18.3 Å². The van der Waals surface area contributed by atoms with Crippen molar-refractivity contribution in [2.45, 2.75) is 39.2 Å². The van der Waals surface area contributed by atoms with Gasteiger partial charge >= 0.3 is 0 Å². The summed E-state index contributed by atoms with van der Waals surface area (Å²) in [6.07, 6.45) is 1.38. The van der Waals surface area contributed by atoms with E-state index in [1.807, 2.05) is 0 Å². The fraction of sp³-hybridized carbons (Fsp3) is 0.909. The van der Waals surface area contributed by atoms with Crippen molar-refractivity contribution < 1.29 is 10.2 Å². The van der Waals surface area contributed by atoms with E-state index in [4.69, 9.17) is 10.4 Å². The van der Waals surface area contributed by atoms with E-state index >= 15 is 0 Å². The van der Waals surface area contributed by atoms with Crippen LogP contribution in [0.25, 0.3) is 0 Å². The summed E-state index contributed by atoms with van der Waals surface area (Å²) in [5.74, 6) is 0. The molecule has 0 bridgehead atoms. The lowest BCUT2D eigenvalue weighted by Crippen LogP contribution is -2.43. The van der Waals surface area contributed by atoms with E-state index in [1.54, 1.807) is 6.92 Å². The van der Waals surface area contributed by atoms with Gasteiger partial charge < -0.3 is 15.5 Å². The molecule has 1 atom stereocenters. The minimum Gasteiger partial charge on any atom is -0.393 e. The average Bonchev–Trinajstić information content (AvgIpc) is 2.14. The zero-order valence-corrected chi connectivity index (χ0v) is 9.88. The number of hydrogen-bond acceptors (Lipinski definition) is 4. The quantitative estimate of drug-likeness (QED) is 0.581. The normalized spacial score (nSPS) is 15.7. The van der Waals surface area contributed by atoms with E-state index in [0.717, 1.165) is 13.0 Å². The SMILES string of the molecule is CC(C)(CCC#N)CNCC(C)(O)CO. The van der Waals surface area contributed by atoms with Crippen molar-refractivity contribution in [1.82, 2.24) is 5.32 Å². The van der Waals surface area contributed by atoms with Crippen molar-refractivity contribution in [3.05, 3.63) is 0 Å². The van der Waals surface area contributed by atoms with Crippen LogP contribution in [0.1, 0.15) is 33.6 Å². The van der Waals surface area contributed by atoms with Gasteiger partial charge in [-0.3, -0.25) is 0 Å². The number of aliphatic hydroxyl groups is 2. The Labute approximate surface area is 91.9 Å². The molecule has 88 valence electrons. The van der Waals surface area contributed by atoms with Gasteiger partial charge in [0, 0.05) is 19.5 Å². The van der Waals surface area contributed by atoms with E-state index in [2.05, 4.69) is 25.2 Å². The van der Waals surface area contributed by atoms with Gasteiger partial charge in [0.15, 0.2) is 0 Å². The van der Waals surface area contributed by atoms with Crippen LogP contribution >= 0.6 is 0 Å². The molecule has 0 saturated heterocycles. The van der Waals surface area contributed by atoms with Gasteiger partial charge in [0.25, 0.3) is 0 Å². The first-order valence-electron chi connectivity index (χ1n) is 5.24. The van der Waals surface area contributed by atoms with Gasteiger partial charge in [-0.2, -0.15) is 5.26 Å². The molecule has 0 amide bonds. The van der Waals surface area contributed by atoms with Gasteiger partial charge in [-0.1, -0.05) is 13.8 Å². The molecule has 0 aliphatic rings. The second kappa shape index (κ2) is 6.06. The lowest BCUT2D eigenvalue weighted by atomic mass is 9.88. The Morgan fingerprint density at radius 3 is 2.33 bits per heavy atom. The molecule has 0 aliphatic heterocycles. The summed E-state index contributed by atoms with van der Waals surface area (Å²) < 4.78 is 0. The highest BCUT2D eigenvalue weighted by atomic mass is 16.3. The maximum atomic E-state index is 9.53. The molecule has 4 nitrogen and oxygen atoms in total. The molecule has 0 spiro atoms. The predicted molar refractivity (Wildman–Crippen MR) is 59.2 cm³/mol. The minimum atomic E-state index is -1.06. The molecule has 0 aromatic rings. The molecule has 0 radical (unpaired) electrons. The Hall–Kier alpha value is -0.630. The minimum absolute atomic E-state index is 0.0429. The molecule has 4 heteroatoms. The summed E-state index contributed by atoms with van der Waals surface area (Å²) >= 11 is 0. The number of rotatable bonds is 7. The van der Waals surface area contributed by atoms with E-state index < -0.39 is 5.60 Å². The summed E-state index contributed by atoms with van der Waals surface area (Å²) in [6, 6.07) is 2.12. The van der Waals surface area contributed by atoms with Crippen molar-refractivity contribution in [1.29, 1.82) is 5.26 Å². The summed E-state index contributed by atoms with van der Waals surface area (Å²) in [5.41, 5.74) is -1.02. The van der Waals surface area contributed by atoms with E-state index in [-0.39, 0.29) is 12.0 Å². The summed E-state index contributed by atoms with van der Waals surface area (Å²) in [5, 5.41) is 29.9. The largest absolute Gasteiger partial charge is 0.393 e. The molecule has 0 aromatic heterocycles. The fourth-order valence-electron chi connectivity index (χ4n) is 1.21. The maximum absolute atomic E-state index is 9.53. The van der Waals surface area contributed by atoms with Crippen LogP contribution in [0.15, 0.2) is 0 Å². The molecule has 0 aliphatic carbocycles. The van der Waals surface area contributed by atoms with E-state index in [1.165, 1.54) is 0 Å². The van der Waals surface area contributed by atoms with Gasteiger partial charge in [-0.05, 0) is 18.8 Å². The van der Waals surface area contributed by atoms with Crippen LogP contribution < -0.4 is 5.32 Å². The number of nitriles is 1. The Balaban J connectivity index is 3.80. The lowest BCUT2D eigenvalue weighted by molar-refractivity contribution is 0.00123. The second-order valence-electron chi connectivity index (χ2n) is 5.08. The van der Waals surface area contributed by atoms with Crippen molar-refractivity contribution in [2.24, 2.45) is 5.41 Å². The Bertz CT molecular complexity index is 219. The van der Waals surface area contributed by atoms with Crippen LogP contribution in [0.5, 0.6) is 0 Å². The van der Waals surface area contributed by atoms with Gasteiger partial charge in [0.1, 0.15) is 0 Å². The zero-order valence-electron chi connectivity index (χ0n) is 9.88. The third-order valence-electron chi connectivity index (χ3n) is 2.36. The number of nitrogens with zero attached hydrogens (tertiary/aromatic N) is 1. The third kappa shape index (κ3) is 7.32. The zero-order chi connectivity index (χ0) is 11.9. The molecule has 0 aromatic carbocycles. The highest BCUT2D eigenvalue weighted by molar-refractivity contribution is 4.81. The van der Waals surface area contributed by atoms with Crippen LogP contribution in [0.4, 0.5) is 0 Å². The van der Waals surface area contributed by atoms with Crippen LogP contribution in [0.3, 0.4) is 0 Å². The summed E-state index contributed by atoms with van der Waals surface area (Å²) in [4.78, 5) is 0. The molecule has 15 heavy (non-hydrogen) atoms. The highest BCUT2D eigenvalue weighted by Crippen LogP contribution is 2.20. The van der Waals surface area contributed by atoms with E-state index in [9.17, 15) is 5.11 Å². The molecular weight excluding hydrogens is 192 g/mol. The average molecular weight is 214 g/mol. The second-order valence-corrected chi connectivity index (χ2v) is 5.08. The predicted octanol–water partition coefficient (Wildman–Crippen LogP) is 0.649. The monoisotopic (exact) mass is 214 g/mol. The molecule has 0 saturated carbocycles. The van der Waals surface area contributed by atoms with Gasteiger partial charge in [-0.25, -0.2) is 0 Å². The molecular formula is C11H22N2O2. The van der Waals surface area contributed by atoms with Gasteiger partial charge in [0.2, 0.25) is 0 Å². The Kier molecular flexibility index (Phi) is 5.81. The molecule has 3 N–H and O–H groups in total. The standard InChI is InChI=1S/C11H22N2O2/c1-10(2,5-4-6-12)7-13-8-11(3,15)9-14/h13-15H,4-5,7-9H2,1-3H3. The highest BCUT2D eigenvalue weighted by Gasteiger charge is 2.21. The van der Waals surface area contributed by atoms with E-state index in [0.29, 0.717) is 13.0 Å². The Morgan fingerprint density at radius 2 is 1.87 bits per heavy atom. The molecule has 0 fully saturated rings. The van der Waals surface area contributed by atoms with Crippen LogP contribution in [0, 0.1) is 16.7 Å². The molecule has 1 unspecified atom stereocenters. The molecule has 0 rings (SSSR count). The number of hydrogen-bond donors (Lipinski definition) is 3. The first-order valence-corrected chi connectivity index (χ1v) is 5.24. The molecule has 0 heterocycles. The topological polar surface area (TPSA) is 76.3 Å².